The van der Waals surface area contributed by atoms with Crippen molar-refractivity contribution in [2.75, 3.05) is 6.61 Å². The first kappa shape index (κ1) is 14.4. The van der Waals surface area contributed by atoms with E-state index in [1.165, 1.54) is 0 Å². The van der Waals surface area contributed by atoms with E-state index in [0.717, 1.165) is 16.6 Å². The fourth-order valence-corrected chi connectivity index (χ4v) is 3.06. The van der Waals surface area contributed by atoms with Gasteiger partial charge in [-0.3, -0.25) is 4.79 Å². The van der Waals surface area contributed by atoms with E-state index < -0.39 is 11.8 Å². The molecule has 22 heavy (non-hydrogen) atoms. The maximum Gasteiger partial charge on any atom is 0.379 e. The zero-order valence-electron chi connectivity index (χ0n) is 12.5. The van der Waals surface area contributed by atoms with Crippen LogP contribution in [-0.4, -0.2) is 28.0 Å². The maximum absolute atomic E-state index is 12.2. The fourth-order valence-electron chi connectivity index (χ4n) is 3.06. The number of aliphatic hydroxyl groups is 1. The van der Waals surface area contributed by atoms with Gasteiger partial charge in [-0.25, -0.2) is 4.79 Å². The summed E-state index contributed by atoms with van der Waals surface area (Å²) < 4.78 is 6.77. The number of aromatic nitrogens is 1. The summed E-state index contributed by atoms with van der Waals surface area (Å²) in [6.45, 7) is 1.78. The van der Waals surface area contributed by atoms with Gasteiger partial charge in [0.1, 0.15) is 5.76 Å². The molecule has 2 aromatic rings. The van der Waals surface area contributed by atoms with Crippen molar-refractivity contribution in [1.29, 1.82) is 0 Å². The molecule has 0 fully saturated rings. The molecule has 0 amide bonds. The molecule has 3 rings (SSSR count). The summed E-state index contributed by atoms with van der Waals surface area (Å²) in [5.41, 5.74) is 2.75. The van der Waals surface area contributed by atoms with Gasteiger partial charge in [0, 0.05) is 29.2 Å². The van der Waals surface area contributed by atoms with Gasteiger partial charge in [0.25, 0.3) is 5.78 Å². The number of aryl methyl sites for hydroxylation is 1. The van der Waals surface area contributed by atoms with E-state index in [2.05, 4.69) is 0 Å². The average Bonchev–Trinajstić information content (AvgIpc) is 2.81. The van der Waals surface area contributed by atoms with Gasteiger partial charge < -0.3 is 14.4 Å². The Morgan fingerprint density at radius 3 is 2.73 bits per heavy atom. The number of Topliss-reactive ketones (excluding diaryl/α,β-unsaturated/α-hetero) is 1. The lowest BCUT2D eigenvalue weighted by Gasteiger charge is -2.17. The van der Waals surface area contributed by atoms with E-state index in [-0.39, 0.29) is 17.9 Å². The predicted octanol–water partition coefficient (Wildman–Crippen LogP) is 2.53. The van der Waals surface area contributed by atoms with Crippen LogP contribution >= 0.6 is 0 Å². The third-order valence-corrected chi connectivity index (χ3v) is 4.10. The molecule has 1 aliphatic carbocycles. The van der Waals surface area contributed by atoms with E-state index in [4.69, 9.17) is 4.74 Å². The normalized spacial score (nSPS) is 14.1. The quantitative estimate of drug-likeness (QED) is 0.698. The lowest BCUT2D eigenvalue weighted by molar-refractivity contribution is -0.151. The van der Waals surface area contributed by atoms with Crippen LogP contribution in [0.1, 0.15) is 24.6 Å². The lowest BCUT2D eigenvalue weighted by atomic mass is 9.91. The van der Waals surface area contributed by atoms with Gasteiger partial charge in [-0.05, 0) is 25.8 Å². The second kappa shape index (κ2) is 5.33. The van der Waals surface area contributed by atoms with Crippen LogP contribution in [0.4, 0.5) is 0 Å². The molecule has 1 heterocycles. The van der Waals surface area contributed by atoms with Gasteiger partial charge in [-0.2, -0.15) is 0 Å². The molecule has 0 aliphatic heterocycles. The summed E-state index contributed by atoms with van der Waals surface area (Å²) in [4.78, 5) is 23.8. The largest absolute Gasteiger partial charge is 0.507 e. The third kappa shape index (κ3) is 2.01. The monoisotopic (exact) mass is 299 g/mol. The first-order valence-corrected chi connectivity index (χ1v) is 7.26. The SMILES string of the molecule is CCOC(=O)C(=O)C1=C(O)c2c(n(C)c3ccccc23)CC1. The molecule has 0 bridgehead atoms. The number of para-hydroxylation sites is 1. The highest BCUT2D eigenvalue weighted by atomic mass is 16.5. The highest BCUT2D eigenvalue weighted by Gasteiger charge is 2.31. The molecular weight excluding hydrogens is 282 g/mol. The van der Waals surface area contributed by atoms with Crippen molar-refractivity contribution in [1.82, 2.24) is 4.57 Å². The van der Waals surface area contributed by atoms with Crippen molar-refractivity contribution in [2.45, 2.75) is 19.8 Å². The molecule has 1 aromatic heterocycles. The molecule has 114 valence electrons. The van der Waals surface area contributed by atoms with E-state index in [1.807, 2.05) is 35.9 Å². The fraction of sp³-hybridized carbons (Fsp3) is 0.294. The van der Waals surface area contributed by atoms with Gasteiger partial charge in [0.15, 0.2) is 0 Å². The van der Waals surface area contributed by atoms with Gasteiger partial charge in [0.2, 0.25) is 0 Å². The number of ketones is 1. The maximum atomic E-state index is 12.2. The molecule has 1 N–H and O–H groups in total. The molecule has 0 spiro atoms. The number of carbonyl (C=O) groups excluding carboxylic acids is 2. The highest BCUT2D eigenvalue weighted by Crippen LogP contribution is 2.37. The van der Waals surface area contributed by atoms with Gasteiger partial charge in [0.05, 0.1) is 12.2 Å². The van der Waals surface area contributed by atoms with Crippen LogP contribution in [0.5, 0.6) is 0 Å². The number of ether oxygens (including phenoxy) is 1. The number of carbonyl (C=O) groups is 2. The standard InChI is InChI=1S/C17H17NO4/c1-3-22-17(21)16(20)11-8-9-13-14(15(11)19)10-6-4-5-7-12(10)18(13)2/h4-7,19H,3,8-9H2,1-2H3. The highest BCUT2D eigenvalue weighted by molar-refractivity contribution is 6.42. The molecular formula is C17H17NO4. The van der Waals surface area contributed by atoms with Crippen LogP contribution in [0.25, 0.3) is 16.7 Å². The van der Waals surface area contributed by atoms with Crippen LogP contribution in [0, 0.1) is 0 Å². The Morgan fingerprint density at radius 2 is 2.00 bits per heavy atom. The van der Waals surface area contributed by atoms with Gasteiger partial charge in [-0.15, -0.1) is 0 Å². The number of esters is 1. The summed E-state index contributed by atoms with van der Waals surface area (Å²) in [6.07, 6.45) is 0.936. The van der Waals surface area contributed by atoms with Crippen LogP contribution in [0.15, 0.2) is 29.8 Å². The second-order valence-electron chi connectivity index (χ2n) is 5.27. The Labute approximate surface area is 127 Å². The smallest absolute Gasteiger partial charge is 0.379 e. The van der Waals surface area contributed by atoms with Crippen molar-refractivity contribution >= 4 is 28.4 Å². The molecule has 0 radical (unpaired) electrons. The minimum Gasteiger partial charge on any atom is -0.507 e. The van der Waals surface area contributed by atoms with Crippen molar-refractivity contribution in [2.24, 2.45) is 7.05 Å². The minimum atomic E-state index is -0.910. The van der Waals surface area contributed by atoms with E-state index in [9.17, 15) is 14.7 Å². The van der Waals surface area contributed by atoms with Crippen LogP contribution in [0.3, 0.4) is 0 Å². The lowest BCUT2D eigenvalue weighted by Crippen LogP contribution is -2.23. The second-order valence-corrected chi connectivity index (χ2v) is 5.27. The molecule has 5 nitrogen and oxygen atoms in total. The summed E-state index contributed by atoms with van der Waals surface area (Å²) in [5, 5.41) is 11.4. The summed E-state index contributed by atoms with van der Waals surface area (Å²) in [5.74, 6) is -1.76. The van der Waals surface area contributed by atoms with Crippen molar-refractivity contribution in [3.05, 3.63) is 41.1 Å². The first-order valence-electron chi connectivity index (χ1n) is 7.26. The van der Waals surface area contributed by atoms with Crippen molar-refractivity contribution < 1.29 is 19.4 Å². The average molecular weight is 299 g/mol. The number of aliphatic hydroxyl groups excluding tert-OH is 1. The molecule has 0 atom stereocenters. The zero-order valence-corrected chi connectivity index (χ0v) is 12.5. The number of hydrogen-bond donors (Lipinski definition) is 1. The van der Waals surface area contributed by atoms with Crippen LogP contribution < -0.4 is 0 Å². The molecule has 1 aliphatic rings. The summed E-state index contributed by atoms with van der Waals surface area (Å²) >= 11 is 0. The Kier molecular flexibility index (Phi) is 3.48. The zero-order chi connectivity index (χ0) is 15.9. The molecule has 0 unspecified atom stereocenters. The Bertz CT molecular complexity index is 813. The first-order chi connectivity index (χ1) is 10.6. The Balaban J connectivity index is 2.16. The van der Waals surface area contributed by atoms with Crippen LogP contribution in [0.2, 0.25) is 0 Å². The number of hydrogen-bond acceptors (Lipinski definition) is 4. The number of benzene rings is 1. The number of fused-ring (bicyclic) bond motifs is 3. The van der Waals surface area contributed by atoms with Crippen molar-refractivity contribution in [3.8, 4) is 0 Å². The summed E-state index contributed by atoms with van der Waals surface area (Å²) in [6, 6.07) is 7.69. The molecule has 0 saturated carbocycles. The molecule has 0 saturated heterocycles. The number of nitrogens with zero attached hydrogens (tertiary/aromatic N) is 1. The Morgan fingerprint density at radius 1 is 1.27 bits per heavy atom. The Hall–Kier alpha value is -2.56. The third-order valence-electron chi connectivity index (χ3n) is 4.10. The topological polar surface area (TPSA) is 68.5 Å². The summed E-state index contributed by atoms with van der Waals surface area (Å²) in [7, 11) is 1.94. The van der Waals surface area contributed by atoms with E-state index in [1.54, 1.807) is 6.92 Å². The van der Waals surface area contributed by atoms with Gasteiger partial charge in [-0.1, -0.05) is 18.2 Å². The van der Waals surface area contributed by atoms with Crippen LogP contribution in [-0.2, 0) is 27.8 Å². The minimum absolute atomic E-state index is 0.101. The molecule has 5 heteroatoms. The van der Waals surface area contributed by atoms with E-state index >= 15 is 0 Å². The van der Waals surface area contributed by atoms with E-state index in [0.29, 0.717) is 18.4 Å². The van der Waals surface area contributed by atoms with Gasteiger partial charge >= 0.3 is 5.97 Å². The molecule has 1 aromatic carbocycles. The predicted molar refractivity (Wildman–Crippen MR) is 82.4 cm³/mol. The number of rotatable bonds is 3. The van der Waals surface area contributed by atoms with Crippen molar-refractivity contribution in [3.63, 3.8) is 0 Å².